The van der Waals surface area contributed by atoms with E-state index in [0.29, 0.717) is 10.8 Å². The zero-order chi connectivity index (χ0) is 14.5. The topological polar surface area (TPSA) is 92.3 Å². The average Bonchev–Trinajstić information content (AvgIpc) is 2.36. The standard InChI is InChI=1S/C13H11ClN2O4/c14-9-3-1-2-4-10(9)20-7-11-15-8(6-13(18)19)5-12(17)16-11/h1-5H,6-7H2,(H,18,19)(H,15,16,17). The Labute approximate surface area is 119 Å². The van der Waals surface area contributed by atoms with Crippen LogP contribution in [-0.4, -0.2) is 21.0 Å². The lowest BCUT2D eigenvalue weighted by Crippen LogP contribution is -2.16. The number of hydrogen-bond acceptors (Lipinski definition) is 4. The summed E-state index contributed by atoms with van der Waals surface area (Å²) in [6.45, 7) is -0.00751. The number of hydrogen-bond donors (Lipinski definition) is 2. The number of carboxylic acid groups (broad SMARTS) is 1. The van der Waals surface area contributed by atoms with Crippen LogP contribution >= 0.6 is 11.6 Å². The number of halogens is 1. The maximum absolute atomic E-state index is 11.4. The second kappa shape index (κ2) is 6.21. The third-order valence-electron chi connectivity index (χ3n) is 2.38. The van der Waals surface area contributed by atoms with Crippen LogP contribution in [-0.2, 0) is 17.8 Å². The van der Waals surface area contributed by atoms with Crippen molar-refractivity contribution in [1.82, 2.24) is 9.97 Å². The van der Waals surface area contributed by atoms with E-state index in [1.807, 2.05) is 0 Å². The Kier molecular flexibility index (Phi) is 4.37. The molecular formula is C13H11ClN2O4. The maximum atomic E-state index is 11.4. The number of rotatable bonds is 5. The Morgan fingerprint density at radius 3 is 2.85 bits per heavy atom. The van der Waals surface area contributed by atoms with Gasteiger partial charge in [0.1, 0.15) is 18.2 Å². The highest BCUT2D eigenvalue weighted by Gasteiger charge is 2.07. The quantitative estimate of drug-likeness (QED) is 0.874. The predicted molar refractivity (Wildman–Crippen MR) is 72.0 cm³/mol. The lowest BCUT2D eigenvalue weighted by molar-refractivity contribution is -0.136. The SMILES string of the molecule is O=C(O)Cc1cc(=O)[nH]c(COc2ccccc2Cl)n1. The van der Waals surface area contributed by atoms with Gasteiger partial charge in [0, 0.05) is 6.07 Å². The highest BCUT2D eigenvalue weighted by Crippen LogP contribution is 2.23. The molecule has 1 heterocycles. The number of ether oxygens (including phenoxy) is 1. The Morgan fingerprint density at radius 2 is 2.15 bits per heavy atom. The van der Waals surface area contributed by atoms with Gasteiger partial charge in [-0.1, -0.05) is 23.7 Å². The molecule has 1 aromatic heterocycles. The van der Waals surface area contributed by atoms with Crippen molar-refractivity contribution in [2.75, 3.05) is 0 Å². The van der Waals surface area contributed by atoms with E-state index in [1.54, 1.807) is 24.3 Å². The van der Waals surface area contributed by atoms with Gasteiger partial charge in [-0.2, -0.15) is 0 Å². The molecule has 0 aliphatic carbocycles. The Balaban J connectivity index is 2.13. The van der Waals surface area contributed by atoms with Crippen molar-refractivity contribution in [3.63, 3.8) is 0 Å². The number of para-hydroxylation sites is 1. The van der Waals surface area contributed by atoms with Crippen LogP contribution in [0, 0.1) is 0 Å². The second-order valence-corrected chi connectivity index (χ2v) is 4.38. The van der Waals surface area contributed by atoms with Crippen molar-refractivity contribution in [3.8, 4) is 5.75 Å². The zero-order valence-corrected chi connectivity index (χ0v) is 11.1. The molecule has 0 amide bonds. The maximum Gasteiger partial charge on any atom is 0.309 e. The summed E-state index contributed by atoms with van der Waals surface area (Å²) in [6, 6.07) is 8.03. The molecule has 0 radical (unpaired) electrons. The largest absolute Gasteiger partial charge is 0.484 e. The molecule has 0 unspecified atom stereocenters. The zero-order valence-electron chi connectivity index (χ0n) is 10.3. The molecule has 0 bridgehead atoms. The van der Waals surface area contributed by atoms with Crippen molar-refractivity contribution in [1.29, 1.82) is 0 Å². The van der Waals surface area contributed by atoms with Gasteiger partial charge >= 0.3 is 5.97 Å². The van der Waals surface area contributed by atoms with Crippen LogP contribution in [0.25, 0.3) is 0 Å². The van der Waals surface area contributed by atoms with Crippen LogP contribution in [0.3, 0.4) is 0 Å². The van der Waals surface area contributed by atoms with Crippen LogP contribution in [0.4, 0.5) is 0 Å². The number of benzene rings is 1. The number of aromatic amines is 1. The molecule has 0 aliphatic heterocycles. The van der Waals surface area contributed by atoms with E-state index in [2.05, 4.69) is 9.97 Å². The minimum Gasteiger partial charge on any atom is -0.484 e. The van der Waals surface area contributed by atoms with E-state index in [9.17, 15) is 9.59 Å². The number of H-pyrrole nitrogens is 1. The average molecular weight is 295 g/mol. The number of nitrogens with one attached hydrogen (secondary N) is 1. The molecule has 2 N–H and O–H groups in total. The fourth-order valence-corrected chi connectivity index (χ4v) is 1.78. The van der Waals surface area contributed by atoms with E-state index >= 15 is 0 Å². The third-order valence-corrected chi connectivity index (χ3v) is 2.69. The van der Waals surface area contributed by atoms with Gasteiger partial charge in [0.15, 0.2) is 0 Å². The van der Waals surface area contributed by atoms with E-state index in [4.69, 9.17) is 21.4 Å². The minimum absolute atomic E-state index is 0.00751. The van der Waals surface area contributed by atoms with Crippen LogP contribution in [0.2, 0.25) is 5.02 Å². The van der Waals surface area contributed by atoms with Gasteiger partial charge in [-0.3, -0.25) is 9.59 Å². The first-order chi connectivity index (χ1) is 9.54. The summed E-state index contributed by atoms with van der Waals surface area (Å²) < 4.78 is 5.43. The van der Waals surface area contributed by atoms with Crippen molar-refractivity contribution in [2.24, 2.45) is 0 Å². The van der Waals surface area contributed by atoms with E-state index in [0.717, 1.165) is 6.07 Å². The molecule has 20 heavy (non-hydrogen) atoms. The number of carbonyl (C=O) groups is 1. The molecular weight excluding hydrogens is 284 g/mol. The fraction of sp³-hybridized carbons (Fsp3) is 0.154. The number of carboxylic acids is 1. The molecule has 0 fully saturated rings. The lowest BCUT2D eigenvalue weighted by atomic mass is 10.3. The highest BCUT2D eigenvalue weighted by atomic mass is 35.5. The van der Waals surface area contributed by atoms with Gasteiger partial charge in [-0.05, 0) is 12.1 Å². The molecule has 2 aromatic rings. The number of aromatic nitrogens is 2. The summed E-state index contributed by atoms with van der Waals surface area (Å²) >= 11 is 5.93. The van der Waals surface area contributed by atoms with Crippen LogP contribution in [0.5, 0.6) is 5.75 Å². The molecule has 1 aromatic carbocycles. The number of aliphatic carboxylic acids is 1. The van der Waals surface area contributed by atoms with E-state index in [-0.39, 0.29) is 24.5 Å². The number of nitrogens with zero attached hydrogens (tertiary/aromatic N) is 1. The second-order valence-electron chi connectivity index (χ2n) is 3.97. The summed E-state index contributed by atoms with van der Waals surface area (Å²) in [7, 11) is 0. The van der Waals surface area contributed by atoms with Gasteiger partial charge in [-0.25, -0.2) is 4.98 Å². The molecule has 0 aliphatic rings. The molecule has 6 nitrogen and oxygen atoms in total. The van der Waals surface area contributed by atoms with Crippen LogP contribution in [0.1, 0.15) is 11.5 Å². The van der Waals surface area contributed by atoms with E-state index in [1.165, 1.54) is 0 Å². The monoisotopic (exact) mass is 294 g/mol. The van der Waals surface area contributed by atoms with Crippen LogP contribution in [0.15, 0.2) is 35.1 Å². The van der Waals surface area contributed by atoms with Gasteiger partial charge in [-0.15, -0.1) is 0 Å². The van der Waals surface area contributed by atoms with Gasteiger partial charge in [0.05, 0.1) is 17.1 Å². The summed E-state index contributed by atoms with van der Waals surface area (Å²) in [5.74, 6) is -0.352. The molecule has 2 rings (SSSR count). The first-order valence-electron chi connectivity index (χ1n) is 5.73. The first kappa shape index (κ1) is 14.1. The molecule has 0 spiro atoms. The van der Waals surface area contributed by atoms with Crippen molar-refractivity contribution in [3.05, 3.63) is 57.2 Å². The molecule has 0 saturated heterocycles. The third kappa shape index (κ3) is 3.83. The van der Waals surface area contributed by atoms with E-state index < -0.39 is 11.5 Å². The molecule has 0 atom stereocenters. The first-order valence-corrected chi connectivity index (χ1v) is 6.10. The Bertz CT molecular complexity index is 684. The smallest absolute Gasteiger partial charge is 0.309 e. The molecule has 7 heteroatoms. The van der Waals surface area contributed by atoms with Crippen molar-refractivity contribution >= 4 is 17.6 Å². The fourth-order valence-electron chi connectivity index (χ4n) is 1.58. The normalized spacial score (nSPS) is 10.2. The Hall–Kier alpha value is -2.34. The van der Waals surface area contributed by atoms with Gasteiger partial charge < -0.3 is 14.8 Å². The van der Waals surface area contributed by atoms with Gasteiger partial charge in [0.2, 0.25) is 0 Å². The summed E-state index contributed by atoms with van der Waals surface area (Å²) in [5, 5.41) is 9.13. The summed E-state index contributed by atoms with van der Waals surface area (Å²) in [4.78, 5) is 28.5. The van der Waals surface area contributed by atoms with Gasteiger partial charge in [0.25, 0.3) is 5.56 Å². The van der Waals surface area contributed by atoms with Crippen molar-refractivity contribution < 1.29 is 14.6 Å². The lowest BCUT2D eigenvalue weighted by Gasteiger charge is -2.07. The summed E-state index contributed by atoms with van der Waals surface area (Å²) in [5.41, 5.74) is -0.243. The van der Waals surface area contributed by atoms with Crippen molar-refractivity contribution in [2.45, 2.75) is 13.0 Å². The Morgan fingerprint density at radius 1 is 1.40 bits per heavy atom. The molecule has 0 saturated carbocycles. The highest BCUT2D eigenvalue weighted by molar-refractivity contribution is 6.32. The summed E-state index contributed by atoms with van der Waals surface area (Å²) in [6.07, 6.45) is -0.316. The predicted octanol–water partition coefficient (Wildman–Crippen LogP) is 1.63. The minimum atomic E-state index is -1.05. The van der Waals surface area contributed by atoms with Crippen LogP contribution < -0.4 is 10.3 Å². The molecule has 104 valence electrons.